The van der Waals surface area contributed by atoms with Gasteiger partial charge in [-0.3, -0.25) is 4.79 Å². The number of rotatable bonds is 5. The van der Waals surface area contributed by atoms with E-state index >= 15 is 0 Å². The van der Waals surface area contributed by atoms with Crippen LogP contribution in [0.1, 0.15) is 12.8 Å². The molecule has 5 heteroatoms. The maximum Gasteiger partial charge on any atom is 0.303 e. The van der Waals surface area contributed by atoms with E-state index in [-0.39, 0.29) is 19.0 Å². The lowest BCUT2D eigenvalue weighted by Crippen LogP contribution is -1.95. The monoisotopic (exact) mass is 167 g/mol. The standard InChI is InChI=1S/C5H11O4P/c6-4-10(9)3-1-2-5(7)8/h6,10H,1-4H2,(H,7,8)/i10D. The summed E-state index contributed by atoms with van der Waals surface area (Å²) in [5.41, 5.74) is 0. The van der Waals surface area contributed by atoms with Crippen molar-refractivity contribution in [3.63, 3.8) is 0 Å². The third-order valence-electron chi connectivity index (χ3n) is 0.956. The molecule has 0 aliphatic carbocycles. The van der Waals surface area contributed by atoms with Crippen molar-refractivity contribution in [1.29, 1.82) is 1.28 Å². The van der Waals surface area contributed by atoms with Gasteiger partial charge in [-0.15, -0.1) is 0 Å². The summed E-state index contributed by atoms with van der Waals surface area (Å²) in [6.07, 6.45) is -0.581. The normalized spacial score (nSPS) is 17.5. The van der Waals surface area contributed by atoms with E-state index in [1.165, 1.54) is 0 Å². The molecule has 0 rings (SSSR count). The number of aliphatic hydroxyl groups excluding tert-OH is 1. The minimum atomic E-state index is -3.19. The van der Waals surface area contributed by atoms with Crippen molar-refractivity contribution in [3.05, 3.63) is 0 Å². The molecule has 0 heterocycles. The van der Waals surface area contributed by atoms with Gasteiger partial charge in [-0.1, -0.05) is 0 Å². The van der Waals surface area contributed by atoms with E-state index in [0.717, 1.165) is 0 Å². The summed E-state index contributed by atoms with van der Waals surface area (Å²) in [6, 6.07) is 0. The molecule has 0 amide bonds. The molecule has 0 radical (unpaired) electrons. The van der Waals surface area contributed by atoms with Crippen molar-refractivity contribution in [1.82, 2.24) is 0 Å². The molecule has 0 bridgehead atoms. The Kier molecular flexibility index (Phi) is 4.23. The van der Waals surface area contributed by atoms with Crippen LogP contribution in [0.25, 0.3) is 0 Å². The van der Waals surface area contributed by atoms with Crippen LogP contribution in [0, 0.1) is 0 Å². The smallest absolute Gasteiger partial charge is 0.303 e. The molecule has 4 nitrogen and oxygen atoms in total. The van der Waals surface area contributed by atoms with Gasteiger partial charge in [-0.2, -0.15) is 0 Å². The number of carbonyl (C=O) groups is 1. The third-order valence-corrected chi connectivity index (χ3v) is 2.09. The first-order chi connectivity index (χ1) is 4.98. The van der Waals surface area contributed by atoms with E-state index in [2.05, 4.69) is 0 Å². The number of carboxylic acid groups (broad SMARTS) is 1. The maximum absolute atomic E-state index is 10.8. The zero-order valence-corrected chi connectivity index (χ0v) is 6.38. The van der Waals surface area contributed by atoms with Gasteiger partial charge < -0.3 is 14.8 Å². The Hall–Kier alpha value is -0.340. The highest BCUT2D eigenvalue weighted by atomic mass is 31.1. The Morgan fingerprint density at radius 3 is 2.70 bits per heavy atom. The Bertz CT molecular complexity index is 181. The lowest BCUT2D eigenvalue weighted by Gasteiger charge is -1.94. The van der Waals surface area contributed by atoms with Gasteiger partial charge in [0.1, 0.15) is 9.02 Å². The topological polar surface area (TPSA) is 74.6 Å². The Balaban J connectivity index is 3.54. The zero-order valence-electron chi connectivity index (χ0n) is 6.49. The SMILES string of the molecule is [2H]P(=O)(CO)CCCC(=O)O. The molecule has 0 aromatic carbocycles. The molecule has 0 fully saturated rings. The van der Waals surface area contributed by atoms with Gasteiger partial charge in [-0.25, -0.2) is 0 Å². The van der Waals surface area contributed by atoms with E-state index in [9.17, 15) is 9.36 Å². The number of hydrogen-bond donors (Lipinski definition) is 2. The molecule has 0 spiro atoms. The Morgan fingerprint density at radius 1 is 1.70 bits per heavy atom. The minimum Gasteiger partial charge on any atom is -0.481 e. The van der Waals surface area contributed by atoms with Gasteiger partial charge in [0.05, 0.1) is 6.35 Å². The molecule has 2 N–H and O–H groups in total. The van der Waals surface area contributed by atoms with Crippen LogP contribution in [0.3, 0.4) is 0 Å². The highest BCUT2D eigenvalue weighted by Gasteiger charge is 1.99. The van der Waals surface area contributed by atoms with Gasteiger partial charge in [-0.05, 0) is 6.42 Å². The average Bonchev–Trinajstić information content (AvgIpc) is 1.87. The molecular formula is C5H11O4P. The second kappa shape index (κ2) is 5.45. The van der Waals surface area contributed by atoms with Gasteiger partial charge in [0.25, 0.3) is 0 Å². The molecule has 1 atom stereocenters. The second-order valence-corrected chi connectivity index (χ2v) is 3.54. The van der Waals surface area contributed by atoms with E-state index in [1.54, 1.807) is 0 Å². The predicted octanol–water partition coefficient (Wildman–Crippen LogP) is 0.361. The van der Waals surface area contributed by atoms with Gasteiger partial charge in [0.15, 0.2) is 0 Å². The molecule has 0 aromatic heterocycles. The molecule has 0 saturated heterocycles. The lowest BCUT2D eigenvalue weighted by atomic mass is 10.3. The Morgan fingerprint density at radius 2 is 2.30 bits per heavy atom. The van der Waals surface area contributed by atoms with Gasteiger partial charge >= 0.3 is 5.97 Å². The van der Waals surface area contributed by atoms with Crippen molar-refractivity contribution in [2.24, 2.45) is 0 Å². The van der Waals surface area contributed by atoms with Crippen molar-refractivity contribution in [3.8, 4) is 0 Å². The van der Waals surface area contributed by atoms with Crippen LogP contribution in [-0.4, -0.2) is 30.0 Å². The second-order valence-electron chi connectivity index (χ2n) is 1.84. The summed E-state index contributed by atoms with van der Waals surface area (Å²) in [6.45, 7) is 0. The summed E-state index contributed by atoms with van der Waals surface area (Å²) >= 11 is 0. The lowest BCUT2D eigenvalue weighted by molar-refractivity contribution is -0.137. The number of aliphatic carboxylic acids is 1. The van der Waals surface area contributed by atoms with Crippen molar-refractivity contribution in [2.75, 3.05) is 12.5 Å². The predicted molar refractivity (Wildman–Crippen MR) is 37.8 cm³/mol. The van der Waals surface area contributed by atoms with E-state index in [0.29, 0.717) is 0 Å². The fourth-order valence-electron chi connectivity index (χ4n) is 0.477. The van der Waals surface area contributed by atoms with E-state index < -0.39 is 20.1 Å². The molecule has 10 heavy (non-hydrogen) atoms. The van der Waals surface area contributed by atoms with E-state index in [4.69, 9.17) is 11.5 Å². The van der Waals surface area contributed by atoms with Crippen LogP contribution in [0.5, 0.6) is 0 Å². The van der Waals surface area contributed by atoms with Gasteiger partial charge in [0, 0.05) is 12.6 Å². The van der Waals surface area contributed by atoms with Crippen molar-refractivity contribution >= 4 is 13.7 Å². The van der Waals surface area contributed by atoms with Crippen LogP contribution >= 0.6 is 7.75 Å². The fourth-order valence-corrected chi connectivity index (χ4v) is 1.13. The minimum absolute atomic E-state index is 0.0181. The van der Waals surface area contributed by atoms with Crippen LogP contribution in [0.4, 0.5) is 0 Å². The first-order valence-electron chi connectivity index (χ1n) is 3.36. The summed E-state index contributed by atoms with van der Waals surface area (Å²) in [4.78, 5) is 9.96. The van der Waals surface area contributed by atoms with Crippen molar-refractivity contribution in [2.45, 2.75) is 12.8 Å². The largest absolute Gasteiger partial charge is 0.481 e. The molecule has 0 aromatic rings. The fraction of sp³-hybridized carbons (Fsp3) is 0.800. The molecule has 60 valence electrons. The van der Waals surface area contributed by atoms with Crippen LogP contribution in [-0.2, 0) is 9.36 Å². The average molecular weight is 167 g/mol. The molecular weight excluding hydrogens is 155 g/mol. The zero-order chi connectivity index (χ0) is 8.91. The highest BCUT2D eigenvalue weighted by molar-refractivity contribution is 7.44. The molecule has 0 aliphatic heterocycles. The summed E-state index contributed by atoms with van der Waals surface area (Å²) in [5, 5.41) is 16.5. The summed E-state index contributed by atoms with van der Waals surface area (Å²) in [7, 11) is -3.19. The Labute approximate surface area is 60.9 Å². The number of carboxylic acids is 1. The number of hydrogen-bond acceptors (Lipinski definition) is 3. The van der Waals surface area contributed by atoms with E-state index in [1.807, 2.05) is 0 Å². The molecule has 0 saturated carbocycles. The number of aliphatic hydroxyl groups is 1. The first-order valence-corrected chi connectivity index (χ1v) is 4.54. The maximum atomic E-state index is 10.8. The quantitative estimate of drug-likeness (QED) is 0.580. The van der Waals surface area contributed by atoms with Gasteiger partial charge in [0.2, 0.25) is 0 Å². The summed E-state index contributed by atoms with van der Waals surface area (Å²) < 4.78 is 17.7. The van der Waals surface area contributed by atoms with Crippen LogP contribution < -0.4 is 0 Å². The third kappa shape index (κ3) is 5.79. The highest BCUT2D eigenvalue weighted by Crippen LogP contribution is 2.19. The first kappa shape index (κ1) is 7.76. The summed E-state index contributed by atoms with van der Waals surface area (Å²) in [5.74, 6) is -0.970. The molecule has 1 unspecified atom stereocenters. The van der Waals surface area contributed by atoms with Crippen LogP contribution in [0.2, 0.25) is 0 Å². The molecule has 0 aliphatic rings. The van der Waals surface area contributed by atoms with Crippen LogP contribution in [0.15, 0.2) is 0 Å². The van der Waals surface area contributed by atoms with Crippen molar-refractivity contribution < 1.29 is 19.6 Å².